The maximum atomic E-state index is 13.9. The Morgan fingerprint density at radius 1 is 1.43 bits per heavy atom. The molecule has 1 aliphatic rings. The summed E-state index contributed by atoms with van der Waals surface area (Å²) in [5, 5.41) is -0.131. The number of alkyl halides is 1. The molecule has 6 heteroatoms. The van der Waals surface area contributed by atoms with Gasteiger partial charge in [-0.05, 0) is 39.4 Å². The third-order valence-corrected chi connectivity index (χ3v) is 4.56. The molecule has 3 rings (SSSR count). The predicted molar refractivity (Wildman–Crippen MR) is 84.7 cm³/mol. The van der Waals surface area contributed by atoms with Gasteiger partial charge in [0.1, 0.15) is 11.6 Å². The second-order valence-corrected chi connectivity index (χ2v) is 6.83. The summed E-state index contributed by atoms with van der Waals surface area (Å²) in [6.07, 6.45) is 2.17. The SMILES string of the molecule is CC(Cl)c1nc2cc(Cl)c(F)cc2n1C1CCCN(C)C1. The van der Waals surface area contributed by atoms with Crippen LogP contribution in [-0.4, -0.2) is 34.6 Å². The molecule has 2 unspecified atom stereocenters. The highest BCUT2D eigenvalue weighted by molar-refractivity contribution is 6.31. The highest BCUT2D eigenvalue weighted by atomic mass is 35.5. The molecule has 2 heterocycles. The molecule has 0 spiro atoms. The van der Waals surface area contributed by atoms with Crippen molar-refractivity contribution in [2.24, 2.45) is 0 Å². The number of fused-ring (bicyclic) bond motifs is 1. The van der Waals surface area contributed by atoms with Crippen LogP contribution in [0.3, 0.4) is 0 Å². The van der Waals surface area contributed by atoms with Crippen molar-refractivity contribution in [2.75, 3.05) is 20.1 Å². The first-order chi connectivity index (χ1) is 9.97. The maximum Gasteiger partial charge on any atom is 0.144 e. The highest BCUT2D eigenvalue weighted by Crippen LogP contribution is 2.33. The summed E-state index contributed by atoms with van der Waals surface area (Å²) >= 11 is 12.2. The molecular formula is C15H18Cl2FN3. The molecule has 21 heavy (non-hydrogen) atoms. The Labute approximate surface area is 133 Å². The average molecular weight is 330 g/mol. The van der Waals surface area contributed by atoms with Gasteiger partial charge in [0.05, 0.1) is 21.4 Å². The van der Waals surface area contributed by atoms with Crippen molar-refractivity contribution >= 4 is 34.2 Å². The normalized spacial score (nSPS) is 21.9. The number of rotatable bonds is 2. The largest absolute Gasteiger partial charge is 0.322 e. The fourth-order valence-corrected chi connectivity index (χ4v) is 3.44. The summed E-state index contributed by atoms with van der Waals surface area (Å²) in [6.45, 7) is 3.91. The van der Waals surface area contributed by atoms with E-state index in [0.29, 0.717) is 5.52 Å². The molecule has 1 aromatic heterocycles. The van der Waals surface area contributed by atoms with Crippen LogP contribution >= 0.6 is 23.2 Å². The van der Waals surface area contributed by atoms with Gasteiger partial charge in [-0.3, -0.25) is 0 Å². The Kier molecular flexibility index (Phi) is 4.12. The van der Waals surface area contributed by atoms with E-state index in [1.54, 1.807) is 6.07 Å². The first-order valence-corrected chi connectivity index (χ1v) is 7.98. The van der Waals surface area contributed by atoms with Gasteiger partial charge in [-0.25, -0.2) is 9.37 Å². The molecule has 0 saturated carbocycles. The van der Waals surface area contributed by atoms with Gasteiger partial charge in [-0.2, -0.15) is 0 Å². The number of nitrogens with zero attached hydrogens (tertiary/aromatic N) is 3. The molecule has 0 amide bonds. The number of aromatic nitrogens is 2. The molecule has 1 fully saturated rings. The summed E-state index contributed by atoms with van der Waals surface area (Å²) in [5.41, 5.74) is 1.48. The number of likely N-dealkylation sites (tertiary alicyclic amines) is 1. The number of benzene rings is 1. The van der Waals surface area contributed by atoms with Gasteiger partial charge in [0, 0.05) is 18.7 Å². The molecule has 1 aliphatic heterocycles. The lowest BCUT2D eigenvalue weighted by Crippen LogP contribution is -2.34. The Morgan fingerprint density at radius 2 is 2.19 bits per heavy atom. The smallest absolute Gasteiger partial charge is 0.144 e. The number of halogens is 3. The molecule has 1 aromatic carbocycles. The van der Waals surface area contributed by atoms with Gasteiger partial charge in [0.15, 0.2) is 0 Å². The standard InChI is InChI=1S/C15H18Cl2FN3/c1-9(16)15-19-13-6-11(17)12(18)7-14(13)21(15)10-4-3-5-20(2)8-10/h6-7,9-10H,3-5,8H2,1-2H3. The van der Waals surface area contributed by atoms with E-state index in [4.69, 9.17) is 23.2 Å². The minimum Gasteiger partial charge on any atom is -0.322 e. The van der Waals surface area contributed by atoms with E-state index in [1.165, 1.54) is 6.07 Å². The number of imidazole rings is 1. The Hall–Kier alpha value is -0.840. The van der Waals surface area contributed by atoms with Crippen LogP contribution in [0, 0.1) is 5.82 Å². The van der Waals surface area contributed by atoms with Crippen molar-refractivity contribution in [3.8, 4) is 0 Å². The Morgan fingerprint density at radius 3 is 2.86 bits per heavy atom. The van der Waals surface area contributed by atoms with E-state index in [-0.39, 0.29) is 16.4 Å². The summed E-state index contributed by atoms with van der Waals surface area (Å²) in [5.74, 6) is 0.372. The topological polar surface area (TPSA) is 21.1 Å². The maximum absolute atomic E-state index is 13.9. The molecule has 0 bridgehead atoms. The van der Waals surface area contributed by atoms with Crippen molar-refractivity contribution in [1.82, 2.24) is 14.5 Å². The van der Waals surface area contributed by atoms with Gasteiger partial charge in [0.2, 0.25) is 0 Å². The summed E-state index contributed by atoms with van der Waals surface area (Å²) in [7, 11) is 2.10. The second-order valence-electron chi connectivity index (χ2n) is 5.77. The molecule has 0 aliphatic carbocycles. The summed E-state index contributed by atoms with van der Waals surface area (Å²) in [4.78, 5) is 6.86. The van der Waals surface area contributed by atoms with E-state index < -0.39 is 5.82 Å². The molecule has 3 nitrogen and oxygen atoms in total. The fraction of sp³-hybridized carbons (Fsp3) is 0.533. The average Bonchev–Trinajstić information content (AvgIpc) is 2.78. The molecule has 0 radical (unpaired) electrons. The van der Waals surface area contributed by atoms with E-state index in [0.717, 1.165) is 37.3 Å². The zero-order valence-electron chi connectivity index (χ0n) is 12.1. The molecule has 0 N–H and O–H groups in total. The zero-order chi connectivity index (χ0) is 15.1. The van der Waals surface area contributed by atoms with Crippen LogP contribution in [0.1, 0.15) is 37.0 Å². The van der Waals surface area contributed by atoms with E-state index in [1.807, 2.05) is 6.92 Å². The molecule has 2 aromatic rings. The van der Waals surface area contributed by atoms with Crippen LogP contribution in [-0.2, 0) is 0 Å². The van der Waals surface area contributed by atoms with Gasteiger partial charge in [0.25, 0.3) is 0 Å². The van der Waals surface area contributed by atoms with Gasteiger partial charge < -0.3 is 9.47 Å². The lowest BCUT2D eigenvalue weighted by Gasteiger charge is -2.32. The van der Waals surface area contributed by atoms with Gasteiger partial charge in [-0.15, -0.1) is 11.6 Å². The fourth-order valence-electron chi connectivity index (χ4n) is 3.12. The third-order valence-electron chi connectivity index (χ3n) is 4.08. The van der Waals surface area contributed by atoms with Crippen LogP contribution in [0.2, 0.25) is 5.02 Å². The predicted octanol–water partition coefficient (Wildman–Crippen LogP) is 4.40. The van der Waals surface area contributed by atoms with Crippen LogP contribution in [0.5, 0.6) is 0 Å². The zero-order valence-corrected chi connectivity index (χ0v) is 13.6. The Bertz CT molecular complexity index is 668. The summed E-state index contributed by atoms with van der Waals surface area (Å²) in [6, 6.07) is 3.32. The van der Waals surface area contributed by atoms with Crippen LogP contribution in [0.15, 0.2) is 12.1 Å². The number of piperidine rings is 1. The minimum atomic E-state index is -0.414. The summed E-state index contributed by atoms with van der Waals surface area (Å²) < 4.78 is 16.0. The van der Waals surface area contributed by atoms with E-state index in [9.17, 15) is 4.39 Å². The van der Waals surface area contributed by atoms with Crippen molar-refractivity contribution in [1.29, 1.82) is 0 Å². The second kappa shape index (κ2) is 5.75. The molecular weight excluding hydrogens is 312 g/mol. The quantitative estimate of drug-likeness (QED) is 0.761. The number of hydrogen-bond acceptors (Lipinski definition) is 2. The van der Waals surface area contributed by atoms with Crippen LogP contribution < -0.4 is 0 Å². The van der Waals surface area contributed by atoms with Crippen LogP contribution in [0.4, 0.5) is 4.39 Å². The lowest BCUT2D eigenvalue weighted by molar-refractivity contribution is 0.212. The van der Waals surface area contributed by atoms with E-state index in [2.05, 4.69) is 21.5 Å². The number of likely N-dealkylation sites (N-methyl/N-ethyl adjacent to an activating group) is 1. The van der Waals surface area contributed by atoms with Crippen molar-refractivity contribution in [3.05, 3.63) is 28.8 Å². The van der Waals surface area contributed by atoms with Gasteiger partial charge >= 0.3 is 0 Å². The van der Waals surface area contributed by atoms with Crippen molar-refractivity contribution in [3.63, 3.8) is 0 Å². The van der Waals surface area contributed by atoms with Gasteiger partial charge in [-0.1, -0.05) is 11.6 Å². The first kappa shape index (κ1) is 15.1. The Balaban J connectivity index is 2.17. The molecule has 2 atom stereocenters. The third kappa shape index (κ3) is 2.77. The molecule has 114 valence electrons. The lowest BCUT2D eigenvalue weighted by atomic mass is 10.1. The van der Waals surface area contributed by atoms with Crippen LogP contribution in [0.25, 0.3) is 11.0 Å². The highest BCUT2D eigenvalue weighted by Gasteiger charge is 2.25. The van der Waals surface area contributed by atoms with Crippen molar-refractivity contribution in [2.45, 2.75) is 31.2 Å². The van der Waals surface area contributed by atoms with E-state index >= 15 is 0 Å². The number of hydrogen-bond donors (Lipinski definition) is 0. The minimum absolute atomic E-state index is 0.0988. The monoisotopic (exact) mass is 329 g/mol. The first-order valence-electron chi connectivity index (χ1n) is 7.17. The molecule has 1 saturated heterocycles. The van der Waals surface area contributed by atoms with Crippen molar-refractivity contribution < 1.29 is 4.39 Å².